The third kappa shape index (κ3) is 3.47. The molecule has 0 aliphatic heterocycles. The SMILES string of the molecule is COc1ccc(-c2cc(-c3cc4cc(OC)ccc4nc3Cl)c(C#N)c(=O)[nH]2)cc1. The van der Waals surface area contributed by atoms with Crippen LogP contribution in [0.3, 0.4) is 0 Å². The van der Waals surface area contributed by atoms with Gasteiger partial charge in [0.05, 0.1) is 19.7 Å². The maximum Gasteiger partial charge on any atom is 0.266 e. The van der Waals surface area contributed by atoms with E-state index in [2.05, 4.69) is 9.97 Å². The van der Waals surface area contributed by atoms with Gasteiger partial charge >= 0.3 is 0 Å². The zero-order valence-electron chi connectivity index (χ0n) is 16.2. The van der Waals surface area contributed by atoms with Crippen molar-refractivity contribution in [1.29, 1.82) is 5.26 Å². The maximum atomic E-state index is 12.7. The molecule has 1 N–H and O–H groups in total. The van der Waals surface area contributed by atoms with Crippen molar-refractivity contribution in [3.63, 3.8) is 0 Å². The number of nitriles is 1. The highest BCUT2D eigenvalue weighted by Gasteiger charge is 2.17. The van der Waals surface area contributed by atoms with Gasteiger partial charge in [0.1, 0.15) is 28.3 Å². The number of methoxy groups -OCH3 is 2. The monoisotopic (exact) mass is 417 g/mol. The second-order valence-electron chi connectivity index (χ2n) is 6.53. The molecule has 0 amide bonds. The Labute approximate surface area is 177 Å². The lowest BCUT2D eigenvalue weighted by Gasteiger charge is -2.11. The smallest absolute Gasteiger partial charge is 0.266 e. The average molecular weight is 418 g/mol. The van der Waals surface area contributed by atoms with Gasteiger partial charge in [0.15, 0.2) is 0 Å². The van der Waals surface area contributed by atoms with Crippen LogP contribution in [-0.2, 0) is 0 Å². The van der Waals surface area contributed by atoms with Crippen LogP contribution in [0.4, 0.5) is 0 Å². The lowest BCUT2D eigenvalue weighted by molar-refractivity contribution is 0.415. The standard InChI is InChI=1S/C23H16ClN3O3/c1-29-15-5-3-13(4-6-15)21-11-17(19(12-25)23(28)27-21)18-10-14-9-16(30-2)7-8-20(14)26-22(18)24/h3-11H,1-2H3,(H,27,28). The molecule has 0 saturated carbocycles. The van der Waals surface area contributed by atoms with Crippen LogP contribution in [0, 0.1) is 11.3 Å². The van der Waals surface area contributed by atoms with Crippen molar-refractivity contribution in [3.05, 3.63) is 75.7 Å². The molecule has 0 fully saturated rings. The van der Waals surface area contributed by atoms with E-state index in [1.54, 1.807) is 50.6 Å². The summed E-state index contributed by atoms with van der Waals surface area (Å²) in [4.78, 5) is 19.8. The first-order chi connectivity index (χ1) is 14.5. The van der Waals surface area contributed by atoms with Gasteiger partial charge in [-0.05, 0) is 60.2 Å². The van der Waals surface area contributed by atoms with E-state index in [1.807, 2.05) is 24.3 Å². The number of ether oxygens (including phenoxy) is 2. The third-order valence-corrected chi connectivity index (χ3v) is 5.10. The van der Waals surface area contributed by atoms with E-state index >= 15 is 0 Å². The van der Waals surface area contributed by atoms with Crippen molar-refractivity contribution >= 4 is 22.5 Å². The van der Waals surface area contributed by atoms with Crippen LogP contribution in [0.2, 0.25) is 5.15 Å². The Hall–Kier alpha value is -3.82. The Kier molecular flexibility index (Phi) is 5.13. The number of aromatic nitrogens is 2. The number of rotatable bonds is 4. The minimum atomic E-state index is -0.498. The molecule has 4 aromatic rings. The Morgan fingerprint density at radius 1 is 0.967 bits per heavy atom. The van der Waals surface area contributed by atoms with E-state index in [4.69, 9.17) is 21.1 Å². The van der Waals surface area contributed by atoms with Crippen molar-refractivity contribution < 1.29 is 9.47 Å². The number of nitrogens with zero attached hydrogens (tertiary/aromatic N) is 2. The second kappa shape index (κ2) is 7.90. The first-order valence-corrected chi connectivity index (χ1v) is 9.38. The molecule has 4 rings (SSSR count). The van der Waals surface area contributed by atoms with Gasteiger partial charge < -0.3 is 14.5 Å². The van der Waals surface area contributed by atoms with Crippen molar-refractivity contribution in [1.82, 2.24) is 9.97 Å². The number of hydrogen-bond donors (Lipinski definition) is 1. The fourth-order valence-electron chi connectivity index (χ4n) is 3.26. The van der Waals surface area contributed by atoms with Gasteiger partial charge in [0, 0.05) is 22.2 Å². The van der Waals surface area contributed by atoms with E-state index in [-0.39, 0.29) is 10.7 Å². The number of fused-ring (bicyclic) bond motifs is 1. The zero-order chi connectivity index (χ0) is 21.3. The number of halogens is 1. The van der Waals surface area contributed by atoms with Gasteiger partial charge in [-0.1, -0.05) is 11.6 Å². The van der Waals surface area contributed by atoms with Gasteiger partial charge in [-0.2, -0.15) is 5.26 Å². The van der Waals surface area contributed by atoms with E-state index in [9.17, 15) is 10.1 Å². The molecule has 0 aliphatic carbocycles. The molecule has 2 aromatic carbocycles. The molecule has 148 valence electrons. The summed E-state index contributed by atoms with van der Waals surface area (Å²) in [6.07, 6.45) is 0. The fraction of sp³-hybridized carbons (Fsp3) is 0.0870. The van der Waals surface area contributed by atoms with Gasteiger partial charge in [-0.3, -0.25) is 4.79 Å². The molecule has 0 unspecified atom stereocenters. The largest absolute Gasteiger partial charge is 0.497 e. The summed E-state index contributed by atoms with van der Waals surface area (Å²) < 4.78 is 10.5. The van der Waals surface area contributed by atoms with E-state index in [0.29, 0.717) is 33.8 Å². The van der Waals surface area contributed by atoms with Gasteiger partial charge in [-0.25, -0.2) is 4.98 Å². The van der Waals surface area contributed by atoms with Crippen molar-refractivity contribution in [2.45, 2.75) is 0 Å². The number of benzene rings is 2. The highest BCUT2D eigenvalue weighted by atomic mass is 35.5. The molecule has 30 heavy (non-hydrogen) atoms. The molecule has 0 atom stereocenters. The zero-order valence-corrected chi connectivity index (χ0v) is 16.9. The molecule has 6 nitrogen and oxygen atoms in total. The summed E-state index contributed by atoms with van der Waals surface area (Å²) in [5, 5.41) is 10.6. The molecule has 2 aromatic heterocycles. The Morgan fingerprint density at radius 3 is 2.33 bits per heavy atom. The maximum absolute atomic E-state index is 12.7. The number of aromatic amines is 1. The normalized spacial score (nSPS) is 10.6. The lowest BCUT2D eigenvalue weighted by Crippen LogP contribution is -2.13. The van der Waals surface area contributed by atoms with Crippen LogP contribution >= 0.6 is 11.6 Å². The predicted molar refractivity (Wildman–Crippen MR) is 116 cm³/mol. The summed E-state index contributed by atoms with van der Waals surface area (Å²) in [5.41, 5.74) is 2.39. The van der Waals surface area contributed by atoms with Gasteiger partial charge in [0.25, 0.3) is 5.56 Å². The molecule has 2 heterocycles. The summed E-state index contributed by atoms with van der Waals surface area (Å²) in [6.45, 7) is 0. The molecular formula is C23H16ClN3O3. The quantitative estimate of drug-likeness (QED) is 0.482. The Balaban J connectivity index is 1.95. The molecule has 0 saturated heterocycles. The van der Waals surface area contributed by atoms with E-state index < -0.39 is 5.56 Å². The highest BCUT2D eigenvalue weighted by Crippen LogP contribution is 2.34. The lowest BCUT2D eigenvalue weighted by atomic mass is 9.99. The predicted octanol–water partition coefficient (Wildman–Crippen LogP) is 4.80. The number of pyridine rings is 2. The Morgan fingerprint density at radius 2 is 1.67 bits per heavy atom. The molecule has 7 heteroatoms. The summed E-state index contributed by atoms with van der Waals surface area (Å²) in [5.74, 6) is 1.37. The average Bonchev–Trinajstić information content (AvgIpc) is 2.77. The van der Waals surface area contributed by atoms with Crippen LogP contribution in [0.25, 0.3) is 33.3 Å². The first-order valence-electron chi connectivity index (χ1n) is 9.00. The van der Waals surface area contributed by atoms with Crippen molar-refractivity contribution in [2.75, 3.05) is 14.2 Å². The van der Waals surface area contributed by atoms with E-state index in [0.717, 1.165) is 10.9 Å². The van der Waals surface area contributed by atoms with Crippen LogP contribution < -0.4 is 15.0 Å². The van der Waals surface area contributed by atoms with Gasteiger partial charge in [-0.15, -0.1) is 0 Å². The first kappa shape index (κ1) is 19.5. The highest BCUT2D eigenvalue weighted by molar-refractivity contribution is 6.32. The topological polar surface area (TPSA) is 88.0 Å². The van der Waals surface area contributed by atoms with Crippen LogP contribution in [0.15, 0.2) is 59.4 Å². The summed E-state index contributed by atoms with van der Waals surface area (Å²) in [7, 11) is 3.16. The molecule has 0 radical (unpaired) electrons. The van der Waals surface area contributed by atoms with Crippen molar-refractivity contribution in [3.8, 4) is 40.0 Å². The molecule has 0 spiro atoms. The van der Waals surface area contributed by atoms with E-state index in [1.165, 1.54) is 0 Å². The Bertz CT molecular complexity index is 1360. The number of H-pyrrole nitrogens is 1. The molecule has 0 bridgehead atoms. The van der Waals surface area contributed by atoms with Crippen LogP contribution in [0.5, 0.6) is 11.5 Å². The second-order valence-corrected chi connectivity index (χ2v) is 6.88. The molecule has 0 aliphatic rings. The molecular weight excluding hydrogens is 402 g/mol. The minimum absolute atomic E-state index is 0.0294. The van der Waals surface area contributed by atoms with Crippen LogP contribution in [0.1, 0.15) is 5.56 Å². The fourth-order valence-corrected chi connectivity index (χ4v) is 3.50. The third-order valence-electron chi connectivity index (χ3n) is 4.81. The summed E-state index contributed by atoms with van der Waals surface area (Å²) in [6, 6.07) is 18.2. The van der Waals surface area contributed by atoms with Crippen molar-refractivity contribution in [2.24, 2.45) is 0 Å². The minimum Gasteiger partial charge on any atom is -0.497 e. The summed E-state index contributed by atoms with van der Waals surface area (Å²) >= 11 is 6.45. The number of nitrogens with one attached hydrogen (secondary N) is 1. The van der Waals surface area contributed by atoms with Gasteiger partial charge in [0.2, 0.25) is 0 Å². The van der Waals surface area contributed by atoms with Crippen LogP contribution in [-0.4, -0.2) is 24.2 Å². The number of hydrogen-bond acceptors (Lipinski definition) is 5.